The maximum absolute atomic E-state index is 12.8. The van der Waals surface area contributed by atoms with Gasteiger partial charge in [0.1, 0.15) is 0 Å². The molecule has 118 valence electrons. The zero-order valence-corrected chi connectivity index (χ0v) is 13.4. The fourth-order valence-corrected chi connectivity index (χ4v) is 3.44. The fraction of sp³-hybridized carbons (Fsp3) is 0.529. The van der Waals surface area contributed by atoms with E-state index in [1.807, 2.05) is 19.1 Å². The van der Waals surface area contributed by atoms with Gasteiger partial charge in [-0.05, 0) is 45.2 Å². The number of benzene rings is 1. The number of fused-ring (bicyclic) bond motifs is 1. The number of hydrogen-bond donors (Lipinski definition) is 1. The smallest absolute Gasteiger partial charge is 0.307 e. The van der Waals surface area contributed by atoms with E-state index in [4.69, 9.17) is 0 Å². The molecule has 1 fully saturated rings. The van der Waals surface area contributed by atoms with Crippen molar-refractivity contribution in [1.29, 1.82) is 0 Å². The highest BCUT2D eigenvalue weighted by molar-refractivity contribution is 5.80. The first-order valence-corrected chi connectivity index (χ1v) is 7.97. The molecule has 0 radical (unpaired) electrons. The highest BCUT2D eigenvalue weighted by Crippen LogP contribution is 2.22. The Balaban J connectivity index is 2.04. The van der Waals surface area contributed by atoms with E-state index in [1.54, 1.807) is 6.07 Å². The van der Waals surface area contributed by atoms with Crippen molar-refractivity contribution in [2.75, 3.05) is 13.1 Å². The Morgan fingerprint density at radius 2 is 1.86 bits per heavy atom. The van der Waals surface area contributed by atoms with Gasteiger partial charge in [-0.1, -0.05) is 12.1 Å². The SMILES string of the molecule is Cc1cccc2[nH]c(=O)n(C3CCN(C(C)C)CC3)c(=O)c12. The maximum Gasteiger partial charge on any atom is 0.329 e. The Morgan fingerprint density at radius 3 is 2.50 bits per heavy atom. The second-order valence-corrected chi connectivity index (χ2v) is 6.46. The lowest BCUT2D eigenvalue weighted by Crippen LogP contribution is -2.45. The first-order valence-electron chi connectivity index (χ1n) is 7.97. The normalized spacial score (nSPS) is 17.5. The van der Waals surface area contributed by atoms with Gasteiger partial charge in [0.2, 0.25) is 0 Å². The molecule has 0 aliphatic carbocycles. The van der Waals surface area contributed by atoms with Crippen LogP contribution in [0.15, 0.2) is 27.8 Å². The Kier molecular flexibility index (Phi) is 3.91. The van der Waals surface area contributed by atoms with E-state index < -0.39 is 0 Å². The zero-order chi connectivity index (χ0) is 15.9. The van der Waals surface area contributed by atoms with E-state index in [9.17, 15) is 9.59 Å². The average Bonchev–Trinajstić information content (AvgIpc) is 2.47. The predicted octanol–water partition coefficient (Wildman–Crippen LogP) is 2.04. The number of likely N-dealkylation sites (tertiary alicyclic amines) is 1. The molecule has 1 aliphatic heterocycles. The van der Waals surface area contributed by atoms with Crippen LogP contribution in [-0.4, -0.2) is 33.6 Å². The van der Waals surface area contributed by atoms with Gasteiger partial charge in [-0.3, -0.25) is 9.36 Å². The third kappa shape index (κ3) is 2.50. The van der Waals surface area contributed by atoms with Crippen LogP contribution >= 0.6 is 0 Å². The van der Waals surface area contributed by atoms with E-state index in [-0.39, 0.29) is 17.3 Å². The molecule has 2 heterocycles. The Labute approximate surface area is 129 Å². The van der Waals surface area contributed by atoms with Gasteiger partial charge in [0.05, 0.1) is 10.9 Å². The van der Waals surface area contributed by atoms with Crippen molar-refractivity contribution in [3.63, 3.8) is 0 Å². The lowest BCUT2D eigenvalue weighted by Gasteiger charge is -2.34. The molecule has 22 heavy (non-hydrogen) atoms. The van der Waals surface area contributed by atoms with Gasteiger partial charge in [0, 0.05) is 25.2 Å². The number of nitrogens with zero attached hydrogens (tertiary/aromatic N) is 2. The minimum atomic E-state index is -0.286. The van der Waals surface area contributed by atoms with Gasteiger partial charge in [0.25, 0.3) is 5.56 Å². The predicted molar refractivity (Wildman–Crippen MR) is 88.5 cm³/mol. The van der Waals surface area contributed by atoms with Crippen molar-refractivity contribution < 1.29 is 0 Å². The van der Waals surface area contributed by atoms with E-state index >= 15 is 0 Å². The summed E-state index contributed by atoms with van der Waals surface area (Å²) in [5, 5.41) is 0.633. The molecule has 2 aromatic rings. The molecule has 3 rings (SSSR count). The molecule has 1 aliphatic rings. The Hall–Kier alpha value is -1.88. The van der Waals surface area contributed by atoms with E-state index in [2.05, 4.69) is 23.7 Å². The Morgan fingerprint density at radius 1 is 1.18 bits per heavy atom. The minimum Gasteiger partial charge on any atom is -0.307 e. The van der Waals surface area contributed by atoms with Crippen LogP contribution in [0.4, 0.5) is 0 Å². The van der Waals surface area contributed by atoms with Crippen LogP contribution in [0.3, 0.4) is 0 Å². The molecule has 0 saturated carbocycles. The van der Waals surface area contributed by atoms with Crippen molar-refractivity contribution in [2.24, 2.45) is 0 Å². The van der Waals surface area contributed by atoms with E-state index in [0.717, 1.165) is 31.5 Å². The van der Waals surface area contributed by atoms with E-state index in [0.29, 0.717) is 16.9 Å². The van der Waals surface area contributed by atoms with Crippen molar-refractivity contribution in [3.05, 3.63) is 44.6 Å². The summed E-state index contributed by atoms with van der Waals surface area (Å²) in [7, 11) is 0. The third-order valence-electron chi connectivity index (χ3n) is 4.76. The summed E-state index contributed by atoms with van der Waals surface area (Å²) in [6.45, 7) is 8.13. The summed E-state index contributed by atoms with van der Waals surface area (Å²) in [6.07, 6.45) is 1.69. The number of piperidine rings is 1. The van der Waals surface area contributed by atoms with Crippen LogP contribution in [0.5, 0.6) is 0 Å². The first-order chi connectivity index (χ1) is 10.5. The van der Waals surface area contributed by atoms with Crippen LogP contribution in [0.1, 0.15) is 38.3 Å². The van der Waals surface area contributed by atoms with Crippen LogP contribution in [-0.2, 0) is 0 Å². The molecule has 1 saturated heterocycles. The second kappa shape index (κ2) is 5.72. The third-order valence-corrected chi connectivity index (χ3v) is 4.76. The van der Waals surface area contributed by atoms with E-state index in [1.165, 1.54) is 4.57 Å². The number of H-pyrrole nitrogens is 1. The second-order valence-electron chi connectivity index (χ2n) is 6.46. The molecule has 0 bridgehead atoms. The Bertz CT molecular complexity index is 796. The molecule has 0 spiro atoms. The molecule has 0 amide bonds. The summed E-state index contributed by atoms with van der Waals surface area (Å²) in [5.41, 5.74) is 1.10. The van der Waals surface area contributed by atoms with Crippen LogP contribution in [0.25, 0.3) is 10.9 Å². The van der Waals surface area contributed by atoms with Gasteiger partial charge in [-0.15, -0.1) is 0 Å². The lowest BCUT2D eigenvalue weighted by atomic mass is 10.0. The summed E-state index contributed by atoms with van der Waals surface area (Å²) in [5.74, 6) is 0. The van der Waals surface area contributed by atoms with Crippen molar-refractivity contribution in [2.45, 2.75) is 45.7 Å². The molecule has 5 nitrogen and oxygen atoms in total. The summed E-state index contributed by atoms with van der Waals surface area (Å²) < 4.78 is 1.44. The zero-order valence-electron chi connectivity index (χ0n) is 13.4. The highest BCUT2D eigenvalue weighted by Gasteiger charge is 2.25. The number of hydrogen-bond acceptors (Lipinski definition) is 3. The van der Waals surface area contributed by atoms with Crippen molar-refractivity contribution in [3.8, 4) is 0 Å². The topological polar surface area (TPSA) is 58.1 Å². The number of aromatic nitrogens is 2. The largest absolute Gasteiger partial charge is 0.329 e. The van der Waals surface area contributed by atoms with Crippen LogP contribution in [0.2, 0.25) is 0 Å². The summed E-state index contributed by atoms with van der Waals surface area (Å²) in [6, 6.07) is 6.06. The monoisotopic (exact) mass is 301 g/mol. The number of aryl methyl sites for hydroxylation is 1. The van der Waals surface area contributed by atoms with Gasteiger partial charge >= 0.3 is 5.69 Å². The number of aromatic amines is 1. The van der Waals surface area contributed by atoms with Gasteiger partial charge in [-0.25, -0.2) is 4.79 Å². The first kappa shape index (κ1) is 15.0. The summed E-state index contributed by atoms with van der Waals surface area (Å²) >= 11 is 0. The van der Waals surface area contributed by atoms with Crippen LogP contribution in [0, 0.1) is 6.92 Å². The summed E-state index contributed by atoms with van der Waals surface area (Å²) in [4.78, 5) is 30.4. The van der Waals surface area contributed by atoms with Crippen molar-refractivity contribution >= 4 is 10.9 Å². The molecule has 1 N–H and O–H groups in total. The number of rotatable bonds is 2. The molecule has 5 heteroatoms. The van der Waals surface area contributed by atoms with Crippen LogP contribution < -0.4 is 11.2 Å². The highest BCUT2D eigenvalue weighted by atomic mass is 16.2. The minimum absolute atomic E-state index is 0.00439. The quantitative estimate of drug-likeness (QED) is 0.923. The van der Waals surface area contributed by atoms with Crippen molar-refractivity contribution in [1.82, 2.24) is 14.5 Å². The van der Waals surface area contributed by atoms with Gasteiger partial charge < -0.3 is 9.88 Å². The molecular weight excluding hydrogens is 278 g/mol. The van der Waals surface area contributed by atoms with Gasteiger partial charge in [0.15, 0.2) is 0 Å². The molecule has 1 aromatic carbocycles. The molecular formula is C17H23N3O2. The standard InChI is InChI=1S/C17H23N3O2/c1-11(2)19-9-7-13(8-10-19)20-16(21)15-12(3)5-4-6-14(15)18-17(20)22/h4-6,11,13H,7-10H2,1-3H3,(H,18,22). The molecule has 0 unspecified atom stereocenters. The fourth-order valence-electron chi connectivity index (χ4n) is 3.44. The molecule has 1 aromatic heterocycles. The average molecular weight is 301 g/mol. The number of nitrogens with one attached hydrogen (secondary N) is 1. The molecule has 0 atom stereocenters. The lowest BCUT2D eigenvalue weighted by molar-refractivity contribution is 0.149. The van der Waals surface area contributed by atoms with Gasteiger partial charge in [-0.2, -0.15) is 0 Å². The maximum atomic E-state index is 12.8.